The van der Waals surface area contributed by atoms with Gasteiger partial charge in [-0.1, -0.05) is 17.4 Å². The van der Waals surface area contributed by atoms with E-state index in [1.54, 1.807) is 25.3 Å². The monoisotopic (exact) mass is 458 g/mol. The van der Waals surface area contributed by atoms with Crippen LogP contribution in [0.5, 0.6) is 5.75 Å². The molecule has 8 nitrogen and oxygen atoms in total. The Labute approximate surface area is 190 Å². The van der Waals surface area contributed by atoms with Gasteiger partial charge in [0.15, 0.2) is 5.01 Å². The van der Waals surface area contributed by atoms with E-state index in [2.05, 4.69) is 32.2 Å². The highest BCUT2D eigenvalue weighted by Crippen LogP contribution is 2.38. The Hall–Kier alpha value is -2.85. The highest BCUT2D eigenvalue weighted by Gasteiger charge is 2.44. The summed E-state index contributed by atoms with van der Waals surface area (Å²) in [6.07, 6.45) is 3.34. The van der Waals surface area contributed by atoms with Gasteiger partial charge in [0, 0.05) is 37.8 Å². The van der Waals surface area contributed by atoms with Crippen LogP contribution in [-0.2, 0) is 4.74 Å². The number of benzene rings is 1. The van der Waals surface area contributed by atoms with Crippen LogP contribution in [0, 0.1) is 0 Å². The number of fused-ring (bicyclic) bond motifs is 2. The highest BCUT2D eigenvalue weighted by molar-refractivity contribution is 7.18. The molecule has 4 rings (SSSR count). The van der Waals surface area contributed by atoms with Gasteiger partial charge in [-0.2, -0.15) is 0 Å². The second-order valence-electron chi connectivity index (χ2n) is 7.98. The van der Waals surface area contributed by atoms with Gasteiger partial charge in [0.05, 0.1) is 24.4 Å². The third kappa shape index (κ3) is 4.24. The predicted octanol–water partition coefficient (Wildman–Crippen LogP) is 3.19. The summed E-state index contributed by atoms with van der Waals surface area (Å²) >= 11 is 1.34. The SMILES string of the molecule is C=N/C(=C\C(=N/C)c1ccc(-c2nnc(N(C)[C@H]3CC4CCC(N4)[C@H]3F)s2)c(O)c1)OC. The number of aliphatic imine (C=N–C) groups is 2. The first-order chi connectivity index (χ1) is 15.4. The normalized spacial score (nSPS) is 25.6. The summed E-state index contributed by atoms with van der Waals surface area (Å²) in [6.45, 7) is 3.46. The molecule has 0 saturated carbocycles. The number of alkyl halides is 1. The van der Waals surface area contributed by atoms with Crippen molar-refractivity contribution >= 4 is 28.9 Å². The van der Waals surface area contributed by atoms with Crippen LogP contribution < -0.4 is 10.2 Å². The summed E-state index contributed by atoms with van der Waals surface area (Å²) in [5, 5.41) is 23.8. The summed E-state index contributed by atoms with van der Waals surface area (Å²) in [4.78, 5) is 9.90. The van der Waals surface area contributed by atoms with Gasteiger partial charge < -0.3 is 20.1 Å². The van der Waals surface area contributed by atoms with E-state index in [0.717, 1.165) is 19.3 Å². The minimum absolute atomic E-state index is 0.0520. The zero-order chi connectivity index (χ0) is 22.8. The molecule has 10 heteroatoms. The van der Waals surface area contributed by atoms with Gasteiger partial charge in [0.1, 0.15) is 11.9 Å². The Morgan fingerprint density at radius 1 is 1.41 bits per heavy atom. The van der Waals surface area contributed by atoms with E-state index in [1.807, 2.05) is 18.0 Å². The molecule has 1 aromatic heterocycles. The molecule has 0 amide bonds. The molecule has 2 aliphatic heterocycles. The lowest BCUT2D eigenvalue weighted by Gasteiger charge is -2.38. The van der Waals surface area contributed by atoms with Crippen LogP contribution in [0.1, 0.15) is 24.8 Å². The van der Waals surface area contributed by atoms with Crippen LogP contribution in [0.25, 0.3) is 10.6 Å². The topological polar surface area (TPSA) is 95.2 Å². The third-order valence-electron chi connectivity index (χ3n) is 6.16. The number of methoxy groups -OCH3 is 1. The maximum absolute atomic E-state index is 14.9. The fourth-order valence-corrected chi connectivity index (χ4v) is 5.29. The number of halogens is 1. The number of nitrogens with zero attached hydrogens (tertiary/aromatic N) is 5. The van der Waals surface area contributed by atoms with E-state index in [1.165, 1.54) is 18.4 Å². The zero-order valence-corrected chi connectivity index (χ0v) is 19.1. The number of aromatic hydroxyl groups is 1. The maximum Gasteiger partial charge on any atom is 0.214 e. The lowest BCUT2D eigenvalue weighted by molar-refractivity contribution is 0.176. The number of allylic oxidation sites excluding steroid dienone is 1. The largest absolute Gasteiger partial charge is 0.507 e. The van der Waals surface area contributed by atoms with Crippen LogP contribution >= 0.6 is 11.3 Å². The molecule has 2 bridgehead atoms. The quantitative estimate of drug-likeness (QED) is 0.489. The highest BCUT2D eigenvalue weighted by atomic mass is 32.1. The van der Waals surface area contributed by atoms with Gasteiger partial charge in [-0.15, -0.1) is 10.2 Å². The van der Waals surface area contributed by atoms with E-state index in [-0.39, 0.29) is 17.8 Å². The lowest BCUT2D eigenvalue weighted by Crippen LogP contribution is -2.55. The number of rotatable bonds is 7. The standard InChI is InChI=1S/C22H27FN6O2S/c1-24-16(11-19(25-2)31-4)12-5-7-14(18(30)9-12)21-27-28-22(32-21)29(3)17-10-13-6-8-15(26-13)20(17)23/h5,7,9,11,13,15,17,20,26,30H,2,6,8,10H2,1,3-4H3/b19-11+,24-16+/t13?,15?,17-,20+/m0/s1. The van der Waals surface area contributed by atoms with Crippen molar-refractivity contribution in [1.82, 2.24) is 15.5 Å². The predicted molar refractivity (Wildman–Crippen MR) is 126 cm³/mol. The van der Waals surface area contributed by atoms with Crippen molar-refractivity contribution in [1.29, 1.82) is 0 Å². The van der Waals surface area contributed by atoms with E-state index < -0.39 is 6.17 Å². The second kappa shape index (κ2) is 9.33. The number of ether oxygens (including phenoxy) is 1. The Morgan fingerprint density at radius 3 is 2.91 bits per heavy atom. The molecule has 2 fully saturated rings. The second-order valence-corrected chi connectivity index (χ2v) is 8.94. The van der Waals surface area contributed by atoms with Gasteiger partial charge in [0.25, 0.3) is 0 Å². The van der Waals surface area contributed by atoms with Crippen molar-refractivity contribution in [2.45, 2.75) is 43.6 Å². The molecular weight excluding hydrogens is 431 g/mol. The van der Waals surface area contributed by atoms with Gasteiger partial charge >= 0.3 is 0 Å². The first-order valence-corrected chi connectivity index (χ1v) is 11.3. The molecule has 1 aromatic carbocycles. The summed E-state index contributed by atoms with van der Waals surface area (Å²) in [5.74, 6) is 0.375. The molecule has 2 N–H and O–H groups in total. The number of phenolic OH excluding ortho intramolecular Hbond substituents is 1. The van der Waals surface area contributed by atoms with Crippen molar-refractivity contribution in [2.24, 2.45) is 9.98 Å². The molecule has 0 aliphatic carbocycles. The van der Waals surface area contributed by atoms with Crippen molar-refractivity contribution in [3.8, 4) is 16.3 Å². The average molecular weight is 459 g/mol. The number of anilines is 1. The molecule has 2 unspecified atom stereocenters. The molecule has 0 spiro atoms. The third-order valence-corrected chi connectivity index (χ3v) is 7.20. The van der Waals surface area contributed by atoms with Gasteiger partial charge in [0.2, 0.25) is 11.0 Å². The number of phenols is 1. The molecular formula is C22H27FN6O2S. The van der Waals surface area contributed by atoms with Crippen molar-refractivity contribution in [3.05, 3.63) is 35.7 Å². The number of aromatic nitrogens is 2. The average Bonchev–Trinajstić information content (AvgIpc) is 3.45. The number of hydrogen-bond acceptors (Lipinski definition) is 9. The van der Waals surface area contributed by atoms with Crippen LogP contribution in [0.15, 0.2) is 40.1 Å². The lowest BCUT2D eigenvalue weighted by atomic mass is 9.97. The van der Waals surface area contributed by atoms with Crippen LogP contribution in [0.2, 0.25) is 0 Å². The molecule has 32 heavy (non-hydrogen) atoms. The Kier molecular flexibility index (Phi) is 6.52. The Balaban J connectivity index is 1.55. The number of nitrogens with one attached hydrogen (secondary N) is 1. The fourth-order valence-electron chi connectivity index (χ4n) is 4.39. The van der Waals surface area contributed by atoms with Crippen LogP contribution in [0.3, 0.4) is 0 Å². The summed E-state index contributed by atoms with van der Waals surface area (Å²) in [6, 6.07) is 5.26. The van der Waals surface area contributed by atoms with Crippen molar-refractivity contribution < 1.29 is 14.2 Å². The van der Waals surface area contributed by atoms with E-state index >= 15 is 0 Å². The van der Waals surface area contributed by atoms with E-state index in [9.17, 15) is 9.50 Å². The first-order valence-electron chi connectivity index (χ1n) is 10.4. The maximum atomic E-state index is 14.9. The number of piperidine rings is 1. The van der Waals surface area contributed by atoms with Gasteiger partial charge in [-0.25, -0.2) is 9.38 Å². The smallest absolute Gasteiger partial charge is 0.214 e. The Bertz CT molecular complexity index is 1050. The molecule has 3 heterocycles. The van der Waals surface area contributed by atoms with E-state index in [0.29, 0.717) is 38.9 Å². The molecule has 2 saturated heterocycles. The molecule has 170 valence electrons. The molecule has 2 aliphatic rings. The molecule has 4 atom stereocenters. The number of hydrogen-bond donors (Lipinski definition) is 2. The summed E-state index contributed by atoms with van der Waals surface area (Å²) in [7, 11) is 5.01. The van der Waals surface area contributed by atoms with Gasteiger partial charge in [-0.05, 0) is 38.1 Å². The first kappa shape index (κ1) is 22.3. The summed E-state index contributed by atoms with van der Waals surface area (Å²) in [5.41, 5.74) is 1.84. The van der Waals surface area contributed by atoms with Crippen LogP contribution in [-0.4, -0.2) is 73.2 Å². The van der Waals surface area contributed by atoms with Gasteiger partial charge in [-0.3, -0.25) is 4.99 Å². The van der Waals surface area contributed by atoms with Crippen LogP contribution in [0.4, 0.5) is 9.52 Å². The Morgan fingerprint density at radius 2 is 2.22 bits per heavy atom. The molecule has 0 radical (unpaired) electrons. The minimum Gasteiger partial charge on any atom is -0.507 e. The van der Waals surface area contributed by atoms with Crippen molar-refractivity contribution in [2.75, 3.05) is 26.1 Å². The van der Waals surface area contributed by atoms with E-state index in [4.69, 9.17) is 4.74 Å². The minimum atomic E-state index is -0.944. The fraction of sp³-hybridized carbons (Fsp3) is 0.455. The zero-order valence-electron chi connectivity index (χ0n) is 18.3. The van der Waals surface area contributed by atoms with Crippen molar-refractivity contribution in [3.63, 3.8) is 0 Å². The summed E-state index contributed by atoms with van der Waals surface area (Å²) < 4.78 is 20.1. The molecule has 2 aromatic rings.